The number of rotatable bonds is 6. The van der Waals surface area contributed by atoms with Crippen LogP contribution in [0.15, 0.2) is 46.2 Å². The predicted octanol–water partition coefficient (Wildman–Crippen LogP) is 3.41. The number of amides is 1. The first-order valence-corrected chi connectivity index (χ1v) is 10.7. The Morgan fingerprint density at radius 1 is 1.32 bits per heavy atom. The fourth-order valence-electron chi connectivity index (χ4n) is 3.84. The van der Waals surface area contributed by atoms with Gasteiger partial charge in [0.05, 0.1) is 5.75 Å². The normalized spacial score (nSPS) is 21.2. The second-order valence-corrected chi connectivity index (χ2v) is 8.79. The third-order valence-electron chi connectivity index (χ3n) is 5.39. The van der Waals surface area contributed by atoms with Gasteiger partial charge in [-0.05, 0) is 72.3 Å². The Bertz CT molecular complexity index is 699. The molecule has 3 heterocycles. The molecule has 1 unspecified atom stereocenters. The van der Waals surface area contributed by atoms with Crippen molar-refractivity contribution in [2.75, 3.05) is 18.8 Å². The minimum atomic E-state index is 0.258. The van der Waals surface area contributed by atoms with E-state index in [1.807, 2.05) is 12.1 Å². The summed E-state index contributed by atoms with van der Waals surface area (Å²) in [5, 5.41) is 7.70. The van der Waals surface area contributed by atoms with Crippen LogP contribution in [0, 0.1) is 5.41 Å². The fraction of sp³-hybridized carbons (Fsp3) is 0.474. The van der Waals surface area contributed by atoms with E-state index in [4.69, 9.17) is 0 Å². The summed E-state index contributed by atoms with van der Waals surface area (Å²) in [5.41, 5.74) is 1.63. The van der Waals surface area contributed by atoms with E-state index in [-0.39, 0.29) is 5.91 Å². The molecule has 6 heteroatoms. The highest BCUT2D eigenvalue weighted by atomic mass is 32.2. The van der Waals surface area contributed by atoms with Gasteiger partial charge in [-0.25, -0.2) is 0 Å². The van der Waals surface area contributed by atoms with Crippen LogP contribution in [-0.4, -0.2) is 40.7 Å². The first-order valence-electron chi connectivity index (χ1n) is 8.81. The van der Waals surface area contributed by atoms with Gasteiger partial charge in [0.25, 0.3) is 0 Å². The van der Waals surface area contributed by atoms with E-state index in [1.165, 1.54) is 24.8 Å². The van der Waals surface area contributed by atoms with Gasteiger partial charge >= 0.3 is 0 Å². The maximum Gasteiger partial charge on any atom is 0.233 e. The summed E-state index contributed by atoms with van der Waals surface area (Å²) in [7, 11) is 0. The Morgan fingerprint density at radius 2 is 2.12 bits per heavy atom. The summed E-state index contributed by atoms with van der Waals surface area (Å²) >= 11 is 3.31. The summed E-state index contributed by atoms with van der Waals surface area (Å²) in [4.78, 5) is 20.3. The number of pyridine rings is 1. The van der Waals surface area contributed by atoms with E-state index in [9.17, 15) is 4.79 Å². The third kappa shape index (κ3) is 3.91. The molecule has 1 saturated heterocycles. The number of hydrogen-bond donors (Lipinski definition) is 1. The molecule has 1 atom stereocenters. The van der Waals surface area contributed by atoms with Crippen LogP contribution in [0.3, 0.4) is 0 Å². The van der Waals surface area contributed by atoms with Gasteiger partial charge in [0, 0.05) is 29.9 Å². The first kappa shape index (κ1) is 17.1. The van der Waals surface area contributed by atoms with Crippen molar-refractivity contribution in [2.24, 2.45) is 5.41 Å². The van der Waals surface area contributed by atoms with Crippen molar-refractivity contribution in [2.45, 2.75) is 36.7 Å². The van der Waals surface area contributed by atoms with Crippen LogP contribution in [-0.2, 0) is 11.3 Å². The van der Waals surface area contributed by atoms with Crippen molar-refractivity contribution in [1.29, 1.82) is 0 Å². The highest BCUT2D eigenvalue weighted by Gasteiger charge is 2.57. The lowest BCUT2D eigenvalue weighted by atomic mass is 9.93. The summed E-state index contributed by atoms with van der Waals surface area (Å²) in [6.07, 6.45) is 7.12. The Balaban J connectivity index is 1.44. The van der Waals surface area contributed by atoms with E-state index >= 15 is 0 Å². The molecule has 2 fully saturated rings. The molecule has 0 aromatic carbocycles. The number of nitrogens with zero attached hydrogens (tertiary/aromatic N) is 2. The van der Waals surface area contributed by atoms with Gasteiger partial charge in [0.15, 0.2) is 0 Å². The molecule has 1 aliphatic heterocycles. The van der Waals surface area contributed by atoms with Crippen molar-refractivity contribution in [1.82, 2.24) is 15.2 Å². The largest absolute Gasteiger partial charge is 0.334 e. The zero-order valence-corrected chi connectivity index (χ0v) is 15.8. The quantitative estimate of drug-likeness (QED) is 0.788. The molecular formula is C19H23N3OS2. The van der Waals surface area contributed by atoms with Gasteiger partial charge in [-0.3, -0.25) is 9.78 Å². The number of hydrogen-bond acceptors (Lipinski definition) is 5. The number of carbonyl (C=O) groups is 1. The van der Waals surface area contributed by atoms with Crippen LogP contribution >= 0.6 is 23.1 Å². The van der Waals surface area contributed by atoms with Crippen molar-refractivity contribution in [3.05, 3.63) is 46.9 Å². The number of thioether (sulfide) groups is 1. The van der Waals surface area contributed by atoms with E-state index in [1.54, 1.807) is 35.5 Å². The average Bonchev–Trinajstić information content (AvgIpc) is 3.08. The molecule has 2 aromatic rings. The Kier molecular flexibility index (Phi) is 5.10. The maximum absolute atomic E-state index is 13.0. The van der Waals surface area contributed by atoms with Crippen molar-refractivity contribution >= 4 is 29.0 Å². The highest BCUT2D eigenvalue weighted by molar-refractivity contribution is 8.00. The summed E-state index contributed by atoms with van der Waals surface area (Å²) in [6.45, 7) is 2.92. The highest BCUT2D eigenvalue weighted by Crippen LogP contribution is 2.56. The molecule has 4 nitrogen and oxygen atoms in total. The van der Waals surface area contributed by atoms with Crippen molar-refractivity contribution in [3.8, 4) is 0 Å². The van der Waals surface area contributed by atoms with Crippen LogP contribution in [0.2, 0.25) is 0 Å². The molecule has 1 spiro atoms. The van der Waals surface area contributed by atoms with E-state index in [2.05, 4.69) is 32.0 Å². The topological polar surface area (TPSA) is 45.2 Å². The van der Waals surface area contributed by atoms with Crippen molar-refractivity contribution < 1.29 is 4.79 Å². The smallest absolute Gasteiger partial charge is 0.233 e. The van der Waals surface area contributed by atoms with Gasteiger partial charge in [0.2, 0.25) is 5.91 Å². The molecular weight excluding hydrogens is 350 g/mol. The zero-order valence-electron chi connectivity index (χ0n) is 14.2. The Hall–Kier alpha value is -1.37. The lowest BCUT2D eigenvalue weighted by molar-refractivity contribution is -0.130. The first-order chi connectivity index (χ1) is 12.3. The summed E-state index contributed by atoms with van der Waals surface area (Å²) in [5.74, 6) is 0.757. The van der Waals surface area contributed by atoms with Crippen LogP contribution in [0.25, 0.3) is 0 Å². The monoisotopic (exact) mass is 373 g/mol. The van der Waals surface area contributed by atoms with Crippen LogP contribution < -0.4 is 5.32 Å². The molecule has 0 bridgehead atoms. The molecule has 2 aromatic heterocycles. The molecule has 4 rings (SSSR count). The molecule has 132 valence electrons. The maximum atomic E-state index is 13.0. The lowest BCUT2D eigenvalue weighted by Gasteiger charge is -2.29. The summed E-state index contributed by atoms with van der Waals surface area (Å²) < 4.78 is 0. The second kappa shape index (κ2) is 7.48. The molecule has 0 radical (unpaired) electrons. The van der Waals surface area contributed by atoms with Gasteiger partial charge in [-0.2, -0.15) is 11.3 Å². The average molecular weight is 374 g/mol. The number of aromatic nitrogens is 1. The zero-order chi connectivity index (χ0) is 17.1. The molecule has 1 N–H and O–H groups in total. The lowest BCUT2D eigenvalue weighted by Crippen LogP contribution is -2.39. The second-order valence-electron chi connectivity index (χ2n) is 6.96. The van der Waals surface area contributed by atoms with Gasteiger partial charge in [-0.15, -0.1) is 11.8 Å². The number of nitrogens with one attached hydrogen (secondary N) is 1. The molecule has 1 saturated carbocycles. The third-order valence-corrected chi connectivity index (χ3v) is 7.12. The minimum Gasteiger partial charge on any atom is -0.334 e. The number of piperidine rings is 1. The SMILES string of the molecule is O=C(CSc1ccncc1)N(Cc1ccsc1)C1CC12CCNCC2. The van der Waals surface area contributed by atoms with Gasteiger partial charge < -0.3 is 10.2 Å². The van der Waals surface area contributed by atoms with E-state index in [0.29, 0.717) is 17.2 Å². The molecule has 1 aliphatic carbocycles. The molecule has 25 heavy (non-hydrogen) atoms. The van der Waals surface area contributed by atoms with E-state index < -0.39 is 0 Å². The van der Waals surface area contributed by atoms with Crippen LogP contribution in [0.5, 0.6) is 0 Å². The van der Waals surface area contributed by atoms with E-state index in [0.717, 1.165) is 24.5 Å². The predicted molar refractivity (Wildman–Crippen MR) is 103 cm³/mol. The van der Waals surface area contributed by atoms with Gasteiger partial charge in [0.1, 0.15) is 0 Å². The Labute approximate surface area is 157 Å². The molecule has 1 amide bonds. The van der Waals surface area contributed by atoms with Crippen molar-refractivity contribution in [3.63, 3.8) is 0 Å². The van der Waals surface area contributed by atoms with Gasteiger partial charge in [-0.1, -0.05) is 0 Å². The van der Waals surface area contributed by atoms with Crippen LogP contribution in [0.1, 0.15) is 24.8 Å². The standard InChI is InChI=1S/C19H23N3OS2/c23-18(14-25-16-1-6-20-7-2-16)22(12-15-3-10-24-13-15)17-11-19(17)4-8-21-9-5-19/h1-3,6-7,10,13,17,21H,4-5,8-9,11-12,14H2. The molecule has 2 aliphatic rings. The summed E-state index contributed by atoms with van der Waals surface area (Å²) in [6, 6.07) is 6.48. The number of carbonyl (C=O) groups excluding carboxylic acids is 1. The van der Waals surface area contributed by atoms with Crippen LogP contribution in [0.4, 0.5) is 0 Å². The minimum absolute atomic E-state index is 0.258. The Morgan fingerprint density at radius 3 is 2.84 bits per heavy atom. The fourth-order valence-corrected chi connectivity index (χ4v) is 5.27. The number of thiophene rings is 1.